The zero-order valence-electron chi connectivity index (χ0n) is 14.4. The summed E-state index contributed by atoms with van der Waals surface area (Å²) in [7, 11) is 0. The minimum Gasteiger partial charge on any atom is -0.447 e. The van der Waals surface area contributed by atoms with Crippen molar-refractivity contribution in [1.82, 2.24) is 4.98 Å². The molecule has 1 saturated heterocycles. The maximum Gasteiger partial charge on any atom is 0.414 e. The molecular formula is C18H16FN5O3. The molecule has 8 nitrogen and oxygen atoms in total. The third kappa shape index (κ3) is 2.79. The number of carbonyl (C=O) groups is 2. The van der Waals surface area contributed by atoms with E-state index in [1.165, 1.54) is 17.2 Å². The number of cyclic esters (lactones) is 1. The van der Waals surface area contributed by atoms with Crippen molar-refractivity contribution < 1.29 is 18.7 Å². The number of hydrogen-bond donors (Lipinski definition) is 2. The van der Waals surface area contributed by atoms with Crippen LogP contribution in [0.2, 0.25) is 0 Å². The van der Waals surface area contributed by atoms with Gasteiger partial charge >= 0.3 is 6.09 Å². The molecule has 0 bridgehead atoms. The van der Waals surface area contributed by atoms with Gasteiger partial charge in [-0.05, 0) is 30.9 Å². The van der Waals surface area contributed by atoms with Crippen LogP contribution in [-0.4, -0.2) is 29.6 Å². The number of nitrogens with one attached hydrogen (secondary N) is 1. The highest BCUT2D eigenvalue weighted by molar-refractivity contribution is 6.02. The van der Waals surface area contributed by atoms with E-state index >= 15 is 0 Å². The van der Waals surface area contributed by atoms with Crippen molar-refractivity contribution in [3.05, 3.63) is 24.1 Å². The molecule has 1 unspecified atom stereocenters. The molecule has 4 rings (SSSR count). The number of nitrogen functional groups attached to an aromatic ring is 1. The maximum atomic E-state index is 14.7. The van der Waals surface area contributed by atoms with Gasteiger partial charge in [0, 0.05) is 11.6 Å². The van der Waals surface area contributed by atoms with Gasteiger partial charge in [-0.1, -0.05) is 0 Å². The second kappa shape index (κ2) is 6.09. The normalized spacial score (nSPS) is 23.8. The SMILES string of the molecule is C[C@H]1COC(=O)N1c1cc2cc(NC(=O)[C@@H]3CC3C#N)ncc2c(N)c1F. The maximum absolute atomic E-state index is 14.7. The molecule has 1 aromatic carbocycles. The number of anilines is 3. The Bertz CT molecular complexity index is 1020. The number of pyridine rings is 1. The molecule has 9 heteroatoms. The molecule has 2 aromatic rings. The predicted molar refractivity (Wildman–Crippen MR) is 95.2 cm³/mol. The number of amides is 2. The molecular weight excluding hydrogens is 353 g/mol. The van der Waals surface area contributed by atoms with Gasteiger partial charge in [-0.15, -0.1) is 0 Å². The first kappa shape index (κ1) is 17.0. The van der Waals surface area contributed by atoms with Crippen LogP contribution >= 0.6 is 0 Å². The lowest BCUT2D eigenvalue weighted by atomic mass is 10.1. The third-order valence-corrected chi connectivity index (χ3v) is 4.87. The molecule has 3 N–H and O–H groups in total. The molecule has 138 valence electrons. The molecule has 0 radical (unpaired) electrons. The van der Waals surface area contributed by atoms with E-state index in [1.807, 2.05) is 0 Å². The zero-order chi connectivity index (χ0) is 19.3. The van der Waals surface area contributed by atoms with Crippen LogP contribution in [0.5, 0.6) is 0 Å². The van der Waals surface area contributed by atoms with Crippen LogP contribution in [0.15, 0.2) is 18.3 Å². The first-order chi connectivity index (χ1) is 12.9. The fourth-order valence-corrected chi connectivity index (χ4v) is 3.22. The number of aromatic nitrogens is 1. The van der Waals surface area contributed by atoms with Crippen molar-refractivity contribution >= 4 is 40.0 Å². The fourth-order valence-electron chi connectivity index (χ4n) is 3.22. The van der Waals surface area contributed by atoms with E-state index in [1.54, 1.807) is 13.0 Å². The molecule has 1 aliphatic carbocycles. The van der Waals surface area contributed by atoms with Crippen molar-refractivity contribution in [2.75, 3.05) is 22.6 Å². The number of ether oxygens (including phenoxy) is 1. The van der Waals surface area contributed by atoms with E-state index < -0.39 is 11.9 Å². The van der Waals surface area contributed by atoms with Crippen molar-refractivity contribution in [3.8, 4) is 6.07 Å². The molecule has 1 aromatic heterocycles. The number of hydrogen-bond acceptors (Lipinski definition) is 6. The molecule has 2 heterocycles. The minimum atomic E-state index is -0.721. The topological polar surface area (TPSA) is 121 Å². The Labute approximate surface area is 153 Å². The largest absolute Gasteiger partial charge is 0.447 e. The summed E-state index contributed by atoms with van der Waals surface area (Å²) in [5, 5.41) is 12.4. The molecule has 2 fully saturated rings. The number of benzene rings is 1. The number of nitrogens with two attached hydrogens (primary N) is 1. The summed E-state index contributed by atoms with van der Waals surface area (Å²) in [6.45, 7) is 1.90. The highest BCUT2D eigenvalue weighted by atomic mass is 19.1. The Kier molecular flexibility index (Phi) is 3.84. The van der Waals surface area contributed by atoms with Crippen LogP contribution in [0.3, 0.4) is 0 Å². The smallest absolute Gasteiger partial charge is 0.414 e. The summed E-state index contributed by atoms with van der Waals surface area (Å²) < 4.78 is 19.7. The van der Waals surface area contributed by atoms with Gasteiger partial charge < -0.3 is 15.8 Å². The first-order valence-electron chi connectivity index (χ1n) is 8.45. The van der Waals surface area contributed by atoms with Crippen LogP contribution in [0.25, 0.3) is 10.8 Å². The van der Waals surface area contributed by atoms with Crippen molar-refractivity contribution in [3.63, 3.8) is 0 Å². The second-order valence-corrected chi connectivity index (χ2v) is 6.78. The summed E-state index contributed by atoms with van der Waals surface area (Å²) in [5.41, 5.74) is 5.79. The fraction of sp³-hybridized carbons (Fsp3) is 0.333. The zero-order valence-corrected chi connectivity index (χ0v) is 14.4. The Hall–Kier alpha value is -3.41. The molecule has 1 aliphatic heterocycles. The van der Waals surface area contributed by atoms with Crippen LogP contribution in [0.4, 0.5) is 26.4 Å². The van der Waals surface area contributed by atoms with Gasteiger partial charge in [-0.2, -0.15) is 5.26 Å². The van der Waals surface area contributed by atoms with E-state index in [9.17, 15) is 14.0 Å². The lowest BCUT2D eigenvalue weighted by molar-refractivity contribution is -0.117. The summed E-state index contributed by atoms with van der Waals surface area (Å²) in [4.78, 5) is 29.4. The van der Waals surface area contributed by atoms with Crippen molar-refractivity contribution in [1.29, 1.82) is 5.26 Å². The van der Waals surface area contributed by atoms with E-state index in [2.05, 4.69) is 16.4 Å². The van der Waals surface area contributed by atoms with Gasteiger partial charge in [0.1, 0.15) is 12.4 Å². The van der Waals surface area contributed by atoms with Gasteiger partial charge in [0.25, 0.3) is 0 Å². The second-order valence-electron chi connectivity index (χ2n) is 6.78. The monoisotopic (exact) mass is 369 g/mol. The number of carbonyl (C=O) groups excluding carboxylic acids is 2. The lowest BCUT2D eigenvalue weighted by Gasteiger charge is -2.20. The molecule has 27 heavy (non-hydrogen) atoms. The van der Waals surface area contributed by atoms with E-state index in [0.29, 0.717) is 17.2 Å². The van der Waals surface area contributed by atoms with Gasteiger partial charge in [0.15, 0.2) is 5.82 Å². The summed E-state index contributed by atoms with van der Waals surface area (Å²) in [6.07, 6.45) is 1.26. The van der Waals surface area contributed by atoms with E-state index in [-0.39, 0.29) is 47.6 Å². The van der Waals surface area contributed by atoms with E-state index in [0.717, 1.165) is 0 Å². The quantitative estimate of drug-likeness (QED) is 0.801. The van der Waals surface area contributed by atoms with Crippen LogP contribution in [0, 0.1) is 29.0 Å². The first-order valence-corrected chi connectivity index (χ1v) is 8.45. The van der Waals surface area contributed by atoms with Crippen LogP contribution in [0.1, 0.15) is 13.3 Å². The number of halogens is 1. The van der Waals surface area contributed by atoms with Gasteiger partial charge in [0.2, 0.25) is 5.91 Å². The highest BCUT2D eigenvalue weighted by Crippen LogP contribution is 2.39. The number of nitriles is 1. The molecule has 2 amide bonds. The summed E-state index contributed by atoms with van der Waals surface area (Å²) in [5.74, 6) is -1.32. The van der Waals surface area contributed by atoms with Crippen LogP contribution in [-0.2, 0) is 9.53 Å². The molecule has 3 atom stereocenters. The van der Waals surface area contributed by atoms with Crippen molar-refractivity contribution in [2.45, 2.75) is 19.4 Å². The van der Waals surface area contributed by atoms with Crippen molar-refractivity contribution in [2.24, 2.45) is 11.8 Å². The molecule has 1 saturated carbocycles. The summed E-state index contributed by atoms with van der Waals surface area (Å²) >= 11 is 0. The van der Waals surface area contributed by atoms with Crippen LogP contribution < -0.4 is 16.0 Å². The number of nitrogens with zero attached hydrogens (tertiary/aromatic N) is 3. The standard InChI is InChI=1S/C18H16FN5O3/c1-8-7-27-18(26)24(8)13-3-9-4-14(22-6-12(9)16(21)15(13)19)23-17(25)11-2-10(11)5-20/h3-4,6,8,10-11H,2,7,21H2,1H3,(H,22,23,25)/t8-,10?,11+/m0/s1. The summed E-state index contributed by atoms with van der Waals surface area (Å²) in [6, 6.07) is 4.77. The van der Waals surface area contributed by atoms with Gasteiger partial charge in [-0.25, -0.2) is 14.2 Å². The Morgan fingerprint density at radius 2 is 2.30 bits per heavy atom. The highest BCUT2D eigenvalue weighted by Gasteiger charge is 2.43. The van der Waals surface area contributed by atoms with Gasteiger partial charge in [0.05, 0.1) is 35.3 Å². The average Bonchev–Trinajstić information content (AvgIpc) is 3.37. The number of rotatable bonds is 3. The average molecular weight is 369 g/mol. The van der Waals surface area contributed by atoms with Gasteiger partial charge in [-0.3, -0.25) is 9.69 Å². The van der Waals surface area contributed by atoms with E-state index in [4.69, 9.17) is 15.7 Å². The Morgan fingerprint density at radius 1 is 1.52 bits per heavy atom. The third-order valence-electron chi connectivity index (χ3n) is 4.87. The minimum absolute atomic E-state index is 0.0187. The predicted octanol–water partition coefficient (Wildman–Crippen LogP) is 2.40. The Balaban J connectivity index is 1.70. The molecule has 0 spiro atoms. The Morgan fingerprint density at radius 3 is 2.93 bits per heavy atom. The lowest BCUT2D eigenvalue weighted by Crippen LogP contribution is -2.31. The number of fused-ring (bicyclic) bond motifs is 1. The molecule has 2 aliphatic rings.